The second-order valence-electron chi connectivity index (χ2n) is 3.64. The molecule has 0 N–H and O–H groups in total. The summed E-state index contributed by atoms with van der Waals surface area (Å²) in [5, 5.41) is 0. The van der Waals surface area contributed by atoms with Crippen LogP contribution in [-0.2, 0) is 0 Å². The van der Waals surface area contributed by atoms with Crippen LogP contribution in [-0.4, -0.2) is 23.9 Å². The van der Waals surface area contributed by atoms with Gasteiger partial charge in [0, 0.05) is 17.6 Å². The molecular formula is C12H11BrFNO. The average molecular weight is 284 g/mol. The van der Waals surface area contributed by atoms with Crippen molar-refractivity contribution in [3.63, 3.8) is 0 Å². The maximum Gasteiger partial charge on any atom is 0.257 e. The SMILES string of the molecule is O=C(c1ccc(Br)cc1F)N1CC=CCC1. The van der Waals surface area contributed by atoms with Gasteiger partial charge >= 0.3 is 0 Å². The third kappa shape index (κ3) is 2.32. The van der Waals surface area contributed by atoms with Gasteiger partial charge in [0.15, 0.2) is 0 Å². The van der Waals surface area contributed by atoms with Gasteiger partial charge in [0.25, 0.3) is 5.91 Å². The second-order valence-corrected chi connectivity index (χ2v) is 4.55. The van der Waals surface area contributed by atoms with Gasteiger partial charge in [-0.15, -0.1) is 0 Å². The van der Waals surface area contributed by atoms with Crippen molar-refractivity contribution < 1.29 is 9.18 Å². The summed E-state index contributed by atoms with van der Waals surface area (Å²) in [6, 6.07) is 4.50. The van der Waals surface area contributed by atoms with E-state index in [0.29, 0.717) is 17.6 Å². The first-order chi connectivity index (χ1) is 7.68. The highest BCUT2D eigenvalue weighted by atomic mass is 79.9. The fourth-order valence-electron chi connectivity index (χ4n) is 1.66. The standard InChI is InChI=1S/C12H11BrFNO/c13-9-4-5-10(11(14)8-9)12(16)15-6-2-1-3-7-15/h1-2,4-5,8H,3,6-7H2. The van der Waals surface area contributed by atoms with Gasteiger partial charge in [0.05, 0.1) is 5.56 Å². The maximum absolute atomic E-state index is 13.6. The van der Waals surface area contributed by atoms with E-state index in [1.165, 1.54) is 12.1 Å². The summed E-state index contributed by atoms with van der Waals surface area (Å²) < 4.78 is 14.2. The highest BCUT2D eigenvalue weighted by Crippen LogP contribution is 2.17. The zero-order chi connectivity index (χ0) is 11.5. The number of nitrogens with zero attached hydrogens (tertiary/aromatic N) is 1. The molecule has 0 fully saturated rings. The lowest BCUT2D eigenvalue weighted by molar-refractivity contribution is 0.0766. The molecule has 0 saturated heterocycles. The molecule has 4 heteroatoms. The van der Waals surface area contributed by atoms with Gasteiger partial charge in [0.2, 0.25) is 0 Å². The number of rotatable bonds is 1. The lowest BCUT2D eigenvalue weighted by Gasteiger charge is -2.23. The summed E-state index contributed by atoms with van der Waals surface area (Å²) in [6.45, 7) is 1.22. The van der Waals surface area contributed by atoms with E-state index >= 15 is 0 Å². The molecule has 1 aromatic carbocycles. The Morgan fingerprint density at radius 1 is 1.38 bits per heavy atom. The second kappa shape index (κ2) is 4.78. The Bertz CT molecular complexity index is 445. The molecule has 84 valence electrons. The molecule has 0 atom stereocenters. The minimum absolute atomic E-state index is 0.138. The predicted molar refractivity (Wildman–Crippen MR) is 63.8 cm³/mol. The summed E-state index contributed by atoms with van der Waals surface area (Å²) in [6.07, 6.45) is 4.80. The Morgan fingerprint density at radius 2 is 2.19 bits per heavy atom. The van der Waals surface area contributed by atoms with E-state index in [0.717, 1.165) is 6.42 Å². The zero-order valence-electron chi connectivity index (χ0n) is 8.62. The smallest absolute Gasteiger partial charge is 0.257 e. The molecule has 2 nitrogen and oxygen atoms in total. The van der Waals surface area contributed by atoms with Crippen molar-refractivity contribution >= 4 is 21.8 Å². The number of carbonyl (C=O) groups excluding carboxylic acids is 1. The third-order valence-corrected chi connectivity index (χ3v) is 3.00. The average Bonchev–Trinajstić information content (AvgIpc) is 2.29. The van der Waals surface area contributed by atoms with E-state index in [9.17, 15) is 9.18 Å². The molecule has 1 heterocycles. The molecule has 1 aliphatic rings. The molecule has 1 aromatic rings. The van der Waals surface area contributed by atoms with Crippen LogP contribution in [0.1, 0.15) is 16.8 Å². The highest BCUT2D eigenvalue weighted by molar-refractivity contribution is 9.10. The van der Waals surface area contributed by atoms with Gasteiger partial charge in [0.1, 0.15) is 5.82 Å². The summed E-state index contributed by atoms with van der Waals surface area (Å²) in [5.41, 5.74) is 0.138. The van der Waals surface area contributed by atoms with Crippen molar-refractivity contribution in [2.24, 2.45) is 0 Å². The van der Waals surface area contributed by atoms with Gasteiger partial charge in [-0.05, 0) is 24.6 Å². The lowest BCUT2D eigenvalue weighted by Crippen LogP contribution is -2.34. The largest absolute Gasteiger partial charge is 0.335 e. The van der Waals surface area contributed by atoms with E-state index in [4.69, 9.17) is 0 Å². The molecule has 0 aliphatic carbocycles. The summed E-state index contributed by atoms with van der Waals surface area (Å²) in [4.78, 5) is 13.6. The number of hydrogen-bond acceptors (Lipinski definition) is 1. The van der Waals surface area contributed by atoms with Crippen molar-refractivity contribution in [2.45, 2.75) is 6.42 Å². The highest BCUT2D eigenvalue weighted by Gasteiger charge is 2.19. The first-order valence-corrected chi connectivity index (χ1v) is 5.87. The number of hydrogen-bond donors (Lipinski definition) is 0. The van der Waals surface area contributed by atoms with Crippen LogP contribution in [0.25, 0.3) is 0 Å². The molecule has 0 bridgehead atoms. The Morgan fingerprint density at radius 3 is 2.81 bits per heavy atom. The van der Waals surface area contributed by atoms with Crippen molar-refractivity contribution in [2.75, 3.05) is 13.1 Å². The van der Waals surface area contributed by atoms with Gasteiger partial charge < -0.3 is 4.90 Å². The normalized spacial score (nSPS) is 15.2. The Kier molecular flexibility index (Phi) is 3.39. The molecule has 16 heavy (non-hydrogen) atoms. The topological polar surface area (TPSA) is 20.3 Å². The van der Waals surface area contributed by atoms with E-state index < -0.39 is 5.82 Å². The van der Waals surface area contributed by atoms with Gasteiger partial charge in [-0.1, -0.05) is 28.1 Å². The van der Waals surface area contributed by atoms with E-state index in [2.05, 4.69) is 15.9 Å². The van der Waals surface area contributed by atoms with Gasteiger partial charge in [-0.2, -0.15) is 0 Å². The number of amides is 1. The van der Waals surface area contributed by atoms with Crippen molar-refractivity contribution in [1.82, 2.24) is 4.90 Å². The Labute approximate surface area is 102 Å². The number of benzene rings is 1. The Hall–Kier alpha value is -1.16. The van der Waals surface area contributed by atoms with Crippen LogP contribution in [0.4, 0.5) is 4.39 Å². The van der Waals surface area contributed by atoms with Gasteiger partial charge in [-0.3, -0.25) is 4.79 Å². The van der Waals surface area contributed by atoms with Crippen LogP contribution in [0.15, 0.2) is 34.8 Å². The molecule has 0 aromatic heterocycles. The Balaban J connectivity index is 2.23. The monoisotopic (exact) mass is 283 g/mol. The predicted octanol–water partition coefficient (Wildman–Crippen LogP) is 2.99. The minimum atomic E-state index is -0.478. The molecular weight excluding hydrogens is 273 g/mol. The maximum atomic E-state index is 13.6. The van der Waals surface area contributed by atoms with Crippen LogP contribution < -0.4 is 0 Å². The van der Waals surface area contributed by atoms with Crippen LogP contribution in [0.3, 0.4) is 0 Å². The minimum Gasteiger partial charge on any atom is -0.335 e. The van der Waals surface area contributed by atoms with Crippen LogP contribution in [0, 0.1) is 5.82 Å². The molecule has 0 radical (unpaired) electrons. The molecule has 0 saturated carbocycles. The molecule has 1 aliphatic heterocycles. The number of carbonyl (C=O) groups is 1. The van der Waals surface area contributed by atoms with Crippen molar-refractivity contribution in [1.29, 1.82) is 0 Å². The van der Waals surface area contributed by atoms with Gasteiger partial charge in [-0.25, -0.2) is 4.39 Å². The summed E-state index contributed by atoms with van der Waals surface area (Å²) in [7, 11) is 0. The number of halogens is 2. The summed E-state index contributed by atoms with van der Waals surface area (Å²) >= 11 is 3.17. The summed E-state index contributed by atoms with van der Waals surface area (Å²) in [5.74, 6) is -0.719. The first-order valence-electron chi connectivity index (χ1n) is 5.08. The first kappa shape index (κ1) is 11.3. The molecule has 2 rings (SSSR count). The lowest BCUT2D eigenvalue weighted by atomic mass is 10.1. The van der Waals surface area contributed by atoms with E-state index in [-0.39, 0.29) is 11.5 Å². The molecule has 0 spiro atoms. The third-order valence-electron chi connectivity index (χ3n) is 2.51. The molecule has 0 unspecified atom stereocenters. The van der Waals surface area contributed by atoms with Crippen LogP contribution in [0.2, 0.25) is 0 Å². The van der Waals surface area contributed by atoms with E-state index in [1.54, 1.807) is 11.0 Å². The fourth-order valence-corrected chi connectivity index (χ4v) is 1.99. The van der Waals surface area contributed by atoms with Crippen LogP contribution in [0.5, 0.6) is 0 Å². The molecule has 1 amide bonds. The fraction of sp³-hybridized carbons (Fsp3) is 0.250. The van der Waals surface area contributed by atoms with Crippen molar-refractivity contribution in [3.05, 3.63) is 46.2 Å². The van der Waals surface area contributed by atoms with E-state index in [1.807, 2.05) is 12.2 Å². The quantitative estimate of drug-likeness (QED) is 0.726. The van der Waals surface area contributed by atoms with Crippen LogP contribution >= 0.6 is 15.9 Å². The van der Waals surface area contributed by atoms with Crippen molar-refractivity contribution in [3.8, 4) is 0 Å². The zero-order valence-corrected chi connectivity index (χ0v) is 10.2.